The number of nitrogens with zero attached hydrogens (tertiary/aromatic N) is 2. The maximum absolute atomic E-state index is 5.79. The fourth-order valence-corrected chi connectivity index (χ4v) is 2.22. The van der Waals surface area contributed by atoms with Gasteiger partial charge in [0, 0.05) is 12.2 Å². The standard InChI is InChI=1S/C14H15BrClN3/c1-10(7-8-11-5-3-2-4-6-11)18-13-12(15)9-17-14(16)19-13/h2-6,9-10H,7-8H2,1H3,(H,17,18,19). The Morgan fingerprint density at radius 3 is 2.79 bits per heavy atom. The highest BCUT2D eigenvalue weighted by Crippen LogP contribution is 2.21. The van der Waals surface area contributed by atoms with Crippen LogP contribution in [0.4, 0.5) is 5.82 Å². The fourth-order valence-electron chi connectivity index (χ4n) is 1.78. The zero-order valence-corrected chi connectivity index (χ0v) is 12.9. The summed E-state index contributed by atoms with van der Waals surface area (Å²) in [5.74, 6) is 0.737. The van der Waals surface area contributed by atoms with Gasteiger partial charge < -0.3 is 5.32 Å². The number of halogens is 2. The van der Waals surface area contributed by atoms with E-state index in [0.717, 1.165) is 23.1 Å². The monoisotopic (exact) mass is 339 g/mol. The number of anilines is 1. The minimum Gasteiger partial charge on any atom is -0.367 e. The molecule has 0 saturated carbocycles. The highest BCUT2D eigenvalue weighted by molar-refractivity contribution is 9.10. The molecule has 0 aliphatic rings. The Morgan fingerprint density at radius 1 is 1.32 bits per heavy atom. The van der Waals surface area contributed by atoms with E-state index in [-0.39, 0.29) is 5.28 Å². The van der Waals surface area contributed by atoms with Crippen LogP contribution in [-0.2, 0) is 6.42 Å². The molecule has 0 aliphatic carbocycles. The van der Waals surface area contributed by atoms with Crippen LogP contribution in [0, 0.1) is 0 Å². The van der Waals surface area contributed by atoms with Gasteiger partial charge in [0.25, 0.3) is 0 Å². The van der Waals surface area contributed by atoms with Crippen LogP contribution in [0.15, 0.2) is 41.0 Å². The highest BCUT2D eigenvalue weighted by atomic mass is 79.9. The normalized spacial score (nSPS) is 12.2. The van der Waals surface area contributed by atoms with Crippen molar-refractivity contribution >= 4 is 33.3 Å². The van der Waals surface area contributed by atoms with Crippen molar-refractivity contribution in [2.24, 2.45) is 0 Å². The summed E-state index contributed by atoms with van der Waals surface area (Å²) in [4.78, 5) is 8.07. The van der Waals surface area contributed by atoms with Crippen molar-refractivity contribution in [3.8, 4) is 0 Å². The third-order valence-corrected chi connectivity index (χ3v) is 3.57. The Balaban J connectivity index is 1.90. The van der Waals surface area contributed by atoms with Crippen LogP contribution in [0.5, 0.6) is 0 Å². The van der Waals surface area contributed by atoms with Crippen molar-refractivity contribution in [3.63, 3.8) is 0 Å². The van der Waals surface area contributed by atoms with Gasteiger partial charge in [0.2, 0.25) is 5.28 Å². The SMILES string of the molecule is CC(CCc1ccccc1)Nc1nc(Cl)ncc1Br. The lowest BCUT2D eigenvalue weighted by Crippen LogP contribution is -2.17. The van der Waals surface area contributed by atoms with Gasteiger partial charge in [-0.25, -0.2) is 4.98 Å². The topological polar surface area (TPSA) is 37.8 Å². The summed E-state index contributed by atoms with van der Waals surface area (Å²) in [6.45, 7) is 2.13. The Morgan fingerprint density at radius 2 is 2.05 bits per heavy atom. The number of hydrogen-bond acceptors (Lipinski definition) is 3. The van der Waals surface area contributed by atoms with Crippen LogP contribution >= 0.6 is 27.5 Å². The van der Waals surface area contributed by atoms with E-state index in [9.17, 15) is 0 Å². The molecule has 1 unspecified atom stereocenters. The molecule has 5 heteroatoms. The first kappa shape index (κ1) is 14.3. The van der Waals surface area contributed by atoms with Crippen molar-refractivity contribution < 1.29 is 0 Å². The average Bonchev–Trinajstić information content (AvgIpc) is 2.42. The second kappa shape index (κ2) is 6.87. The summed E-state index contributed by atoms with van der Waals surface area (Å²) >= 11 is 9.20. The smallest absolute Gasteiger partial charge is 0.224 e. The molecule has 100 valence electrons. The maximum Gasteiger partial charge on any atom is 0.224 e. The minimum atomic E-state index is 0.251. The highest BCUT2D eigenvalue weighted by Gasteiger charge is 2.08. The molecule has 2 rings (SSSR count). The quantitative estimate of drug-likeness (QED) is 0.823. The van der Waals surface area contributed by atoms with Gasteiger partial charge in [0.1, 0.15) is 5.82 Å². The number of aromatic nitrogens is 2. The molecule has 0 spiro atoms. The fraction of sp³-hybridized carbons (Fsp3) is 0.286. The summed E-state index contributed by atoms with van der Waals surface area (Å²) in [6.07, 6.45) is 3.71. The molecule has 1 aromatic carbocycles. The van der Waals surface area contributed by atoms with E-state index in [4.69, 9.17) is 11.6 Å². The van der Waals surface area contributed by atoms with Gasteiger partial charge in [-0.1, -0.05) is 30.3 Å². The number of rotatable bonds is 5. The Kier molecular flexibility index (Phi) is 5.16. The summed E-state index contributed by atoms with van der Waals surface area (Å²) in [7, 11) is 0. The summed E-state index contributed by atoms with van der Waals surface area (Å²) in [5.41, 5.74) is 1.34. The second-order valence-corrected chi connectivity index (χ2v) is 5.60. The Hall–Kier alpha value is -1.13. The van der Waals surface area contributed by atoms with Gasteiger partial charge in [0.15, 0.2) is 0 Å². The molecule has 2 aromatic rings. The van der Waals surface area contributed by atoms with Crippen LogP contribution < -0.4 is 5.32 Å². The predicted octanol–water partition coefficient (Wildman–Crippen LogP) is 4.33. The average molecular weight is 341 g/mol. The first-order chi connectivity index (χ1) is 9.15. The van der Waals surface area contributed by atoms with Gasteiger partial charge in [-0.3, -0.25) is 0 Å². The molecule has 0 bridgehead atoms. The summed E-state index contributed by atoms with van der Waals surface area (Å²) < 4.78 is 0.823. The van der Waals surface area contributed by atoms with Crippen molar-refractivity contribution in [2.75, 3.05) is 5.32 Å². The van der Waals surface area contributed by atoms with E-state index >= 15 is 0 Å². The zero-order chi connectivity index (χ0) is 13.7. The molecule has 0 amide bonds. The largest absolute Gasteiger partial charge is 0.367 e. The van der Waals surface area contributed by atoms with Crippen molar-refractivity contribution in [1.82, 2.24) is 9.97 Å². The van der Waals surface area contributed by atoms with Gasteiger partial charge in [0.05, 0.1) is 4.47 Å². The van der Waals surface area contributed by atoms with Crippen LogP contribution in [0.2, 0.25) is 5.28 Å². The van der Waals surface area contributed by atoms with E-state index in [1.165, 1.54) is 5.56 Å². The number of hydrogen-bond donors (Lipinski definition) is 1. The third kappa shape index (κ3) is 4.48. The molecule has 1 heterocycles. The summed E-state index contributed by atoms with van der Waals surface area (Å²) in [6, 6.07) is 10.8. The predicted molar refractivity (Wildman–Crippen MR) is 82.6 cm³/mol. The molecule has 3 nitrogen and oxygen atoms in total. The zero-order valence-electron chi connectivity index (χ0n) is 10.6. The molecular weight excluding hydrogens is 326 g/mol. The van der Waals surface area contributed by atoms with Crippen molar-refractivity contribution in [2.45, 2.75) is 25.8 Å². The molecule has 1 aromatic heterocycles. The second-order valence-electron chi connectivity index (χ2n) is 4.41. The number of nitrogens with one attached hydrogen (secondary N) is 1. The van der Waals surface area contributed by atoms with Crippen LogP contribution in [-0.4, -0.2) is 16.0 Å². The van der Waals surface area contributed by atoms with Gasteiger partial charge in [-0.05, 0) is 52.9 Å². The lowest BCUT2D eigenvalue weighted by Gasteiger charge is -2.15. The number of aryl methyl sites for hydroxylation is 1. The van der Waals surface area contributed by atoms with Crippen molar-refractivity contribution in [1.29, 1.82) is 0 Å². The van der Waals surface area contributed by atoms with Crippen molar-refractivity contribution in [3.05, 3.63) is 51.8 Å². The molecule has 0 fully saturated rings. The van der Waals surface area contributed by atoms with Crippen LogP contribution in [0.1, 0.15) is 18.9 Å². The molecule has 1 atom stereocenters. The Labute approximate surface area is 126 Å². The molecule has 0 radical (unpaired) electrons. The molecule has 1 N–H and O–H groups in total. The van der Waals surface area contributed by atoms with E-state index in [1.807, 2.05) is 6.07 Å². The lowest BCUT2D eigenvalue weighted by atomic mass is 10.1. The maximum atomic E-state index is 5.79. The third-order valence-electron chi connectivity index (χ3n) is 2.81. The van der Waals surface area contributed by atoms with Gasteiger partial charge in [-0.2, -0.15) is 4.98 Å². The van der Waals surface area contributed by atoms with E-state index in [0.29, 0.717) is 6.04 Å². The number of benzene rings is 1. The first-order valence-electron chi connectivity index (χ1n) is 6.13. The Bertz CT molecular complexity index is 533. The molecule has 19 heavy (non-hydrogen) atoms. The van der Waals surface area contributed by atoms with Gasteiger partial charge in [-0.15, -0.1) is 0 Å². The van der Waals surface area contributed by atoms with Gasteiger partial charge >= 0.3 is 0 Å². The molecular formula is C14H15BrClN3. The molecule has 0 saturated heterocycles. The lowest BCUT2D eigenvalue weighted by molar-refractivity contribution is 0.702. The molecule has 0 aliphatic heterocycles. The minimum absolute atomic E-state index is 0.251. The van der Waals surface area contributed by atoms with Crippen LogP contribution in [0.3, 0.4) is 0 Å². The van der Waals surface area contributed by atoms with E-state index < -0.39 is 0 Å². The van der Waals surface area contributed by atoms with E-state index in [2.05, 4.69) is 62.4 Å². The summed E-state index contributed by atoms with van der Waals surface area (Å²) in [5, 5.41) is 3.59. The van der Waals surface area contributed by atoms with Crippen LogP contribution in [0.25, 0.3) is 0 Å². The van der Waals surface area contributed by atoms with E-state index in [1.54, 1.807) is 6.20 Å². The first-order valence-corrected chi connectivity index (χ1v) is 7.31.